The lowest BCUT2D eigenvalue weighted by molar-refractivity contribution is -0.0121. The zero-order valence-electron chi connectivity index (χ0n) is 18.0. The lowest BCUT2D eigenvalue weighted by Crippen LogP contribution is -2.37. The molecule has 2 saturated carbocycles. The van der Waals surface area contributed by atoms with Crippen LogP contribution in [0.2, 0.25) is 0 Å². The first kappa shape index (κ1) is 21.2. The molecule has 0 saturated heterocycles. The Bertz CT molecular complexity index is 875. The van der Waals surface area contributed by atoms with Crippen molar-refractivity contribution in [3.8, 4) is 5.88 Å². The van der Waals surface area contributed by atoms with Crippen molar-refractivity contribution in [2.45, 2.75) is 82.1 Å². The number of ether oxygens (including phenoxy) is 2. The van der Waals surface area contributed by atoms with Crippen LogP contribution in [-0.4, -0.2) is 62.7 Å². The molecule has 0 aromatic carbocycles. The van der Waals surface area contributed by atoms with Crippen molar-refractivity contribution in [1.29, 1.82) is 0 Å². The van der Waals surface area contributed by atoms with Crippen molar-refractivity contribution in [1.82, 2.24) is 15.0 Å². The van der Waals surface area contributed by atoms with Crippen molar-refractivity contribution < 1.29 is 19.7 Å². The van der Waals surface area contributed by atoms with E-state index in [0.717, 1.165) is 42.1 Å². The third kappa shape index (κ3) is 4.66. The van der Waals surface area contributed by atoms with E-state index in [0.29, 0.717) is 37.2 Å². The summed E-state index contributed by atoms with van der Waals surface area (Å²) in [4.78, 5) is 13.9. The number of rotatable bonds is 7. The lowest BCUT2D eigenvalue weighted by atomic mass is 9.77. The minimum Gasteiger partial charge on any atom is -0.474 e. The third-order valence-corrected chi connectivity index (χ3v) is 6.26. The number of hydrogen-bond donors (Lipinski definition) is 3. The van der Waals surface area contributed by atoms with Crippen LogP contribution in [0.15, 0.2) is 12.4 Å². The van der Waals surface area contributed by atoms with Gasteiger partial charge in [-0.05, 0) is 45.4 Å². The second-order valence-corrected chi connectivity index (χ2v) is 9.11. The number of aromatic nitrogens is 3. The summed E-state index contributed by atoms with van der Waals surface area (Å²) in [5.74, 6) is 1.36. The molecule has 0 spiro atoms. The molecule has 3 N–H and O–H groups in total. The van der Waals surface area contributed by atoms with Crippen LogP contribution in [0.3, 0.4) is 0 Å². The predicted octanol–water partition coefficient (Wildman–Crippen LogP) is 2.78. The van der Waals surface area contributed by atoms with E-state index in [1.165, 1.54) is 0 Å². The van der Waals surface area contributed by atoms with Crippen molar-refractivity contribution in [3.05, 3.63) is 18.0 Å². The average Bonchev–Trinajstić information content (AvgIpc) is 2.67. The molecule has 0 aliphatic heterocycles. The van der Waals surface area contributed by atoms with Crippen LogP contribution in [0, 0.1) is 0 Å². The van der Waals surface area contributed by atoms with Gasteiger partial charge in [-0.1, -0.05) is 0 Å². The highest BCUT2D eigenvalue weighted by Gasteiger charge is 2.32. The Balaban J connectivity index is 1.66. The largest absolute Gasteiger partial charge is 0.474 e. The van der Waals surface area contributed by atoms with E-state index in [1.807, 2.05) is 20.0 Å². The molecule has 4 rings (SSSR count). The van der Waals surface area contributed by atoms with Crippen molar-refractivity contribution in [2.24, 2.45) is 0 Å². The van der Waals surface area contributed by atoms with Gasteiger partial charge >= 0.3 is 0 Å². The van der Waals surface area contributed by atoms with Gasteiger partial charge in [0.25, 0.3) is 0 Å². The molecule has 2 heterocycles. The molecule has 1 atom stereocenters. The Labute approximate surface area is 177 Å². The van der Waals surface area contributed by atoms with Crippen LogP contribution >= 0.6 is 0 Å². The molecule has 2 aromatic rings. The Kier molecular flexibility index (Phi) is 6.09. The minimum absolute atomic E-state index is 0.0224. The van der Waals surface area contributed by atoms with Gasteiger partial charge in [0, 0.05) is 44.0 Å². The molecule has 8 nitrogen and oxygen atoms in total. The fraction of sp³-hybridized carbons (Fsp3) is 0.682. The summed E-state index contributed by atoms with van der Waals surface area (Å²) < 4.78 is 11.2. The first-order chi connectivity index (χ1) is 14.3. The van der Waals surface area contributed by atoms with Crippen molar-refractivity contribution >= 4 is 16.9 Å². The van der Waals surface area contributed by atoms with Gasteiger partial charge in [0.15, 0.2) is 0 Å². The SMILES string of the molecule is COC[C@H](C)Nc1ncc2c(O[C@H]3C[C@@H](O)C3)ncc([C@H]3CC[C@](C)(O)CC3)c2n1. The molecule has 0 bridgehead atoms. The molecule has 2 aromatic heterocycles. The van der Waals surface area contributed by atoms with E-state index in [2.05, 4.69) is 15.3 Å². The van der Waals surface area contributed by atoms with Gasteiger partial charge in [-0.2, -0.15) is 0 Å². The summed E-state index contributed by atoms with van der Waals surface area (Å²) in [7, 11) is 1.67. The molecular formula is C22H32N4O4. The summed E-state index contributed by atoms with van der Waals surface area (Å²) in [6.45, 7) is 4.48. The average molecular weight is 417 g/mol. The van der Waals surface area contributed by atoms with Gasteiger partial charge in [0.2, 0.25) is 11.8 Å². The molecule has 164 valence electrons. The van der Waals surface area contributed by atoms with Crippen LogP contribution in [0.25, 0.3) is 10.9 Å². The summed E-state index contributed by atoms with van der Waals surface area (Å²) in [5.41, 5.74) is 1.32. The third-order valence-electron chi connectivity index (χ3n) is 6.26. The Morgan fingerprint density at radius 1 is 1.23 bits per heavy atom. The van der Waals surface area contributed by atoms with Crippen molar-refractivity contribution in [2.75, 3.05) is 19.0 Å². The zero-order valence-corrected chi connectivity index (χ0v) is 18.0. The van der Waals surface area contributed by atoms with Gasteiger partial charge in [-0.15, -0.1) is 0 Å². The first-order valence-corrected chi connectivity index (χ1v) is 10.8. The standard InChI is InChI=1S/C22H32N4O4/c1-13(12-29-3)25-21-24-11-18-19(26-21)17(14-4-6-22(2,28)7-5-14)10-23-20(18)30-16-8-15(27)9-16/h10-11,13-16,27-28H,4-9,12H2,1-3H3,(H,24,25,26)/t13-,14-,15-,16+,22-/m0/s1. The van der Waals surface area contributed by atoms with E-state index >= 15 is 0 Å². The van der Waals surface area contributed by atoms with Crippen LogP contribution in [0.4, 0.5) is 5.95 Å². The maximum absolute atomic E-state index is 10.3. The van der Waals surface area contributed by atoms with E-state index in [9.17, 15) is 10.2 Å². The number of methoxy groups -OCH3 is 1. The van der Waals surface area contributed by atoms with Gasteiger partial charge in [-0.3, -0.25) is 0 Å². The number of fused-ring (bicyclic) bond motifs is 1. The molecular weight excluding hydrogens is 384 g/mol. The monoisotopic (exact) mass is 416 g/mol. The highest BCUT2D eigenvalue weighted by atomic mass is 16.5. The topological polar surface area (TPSA) is 110 Å². The summed E-state index contributed by atoms with van der Waals surface area (Å²) in [6, 6.07) is 0.0784. The number of nitrogens with one attached hydrogen (secondary N) is 1. The summed E-state index contributed by atoms with van der Waals surface area (Å²) in [6.07, 6.45) is 7.89. The van der Waals surface area contributed by atoms with Crippen LogP contribution < -0.4 is 10.1 Å². The highest BCUT2D eigenvalue weighted by Crippen LogP contribution is 2.41. The van der Waals surface area contributed by atoms with E-state index in [-0.39, 0.29) is 18.2 Å². The van der Waals surface area contributed by atoms with E-state index < -0.39 is 5.60 Å². The zero-order chi connectivity index (χ0) is 21.3. The summed E-state index contributed by atoms with van der Waals surface area (Å²) in [5, 5.41) is 24.0. The van der Waals surface area contributed by atoms with E-state index in [4.69, 9.17) is 14.5 Å². The van der Waals surface area contributed by atoms with E-state index in [1.54, 1.807) is 13.3 Å². The molecule has 2 aliphatic carbocycles. The number of hydrogen-bond acceptors (Lipinski definition) is 8. The smallest absolute Gasteiger partial charge is 0.224 e. The first-order valence-electron chi connectivity index (χ1n) is 10.8. The van der Waals surface area contributed by atoms with Crippen molar-refractivity contribution in [3.63, 3.8) is 0 Å². The molecule has 0 unspecified atom stereocenters. The highest BCUT2D eigenvalue weighted by molar-refractivity contribution is 5.86. The fourth-order valence-electron chi connectivity index (χ4n) is 4.33. The Morgan fingerprint density at radius 2 is 1.97 bits per heavy atom. The number of aliphatic hydroxyl groups is 2. The van der Waals surface area contributed by atoms with Gasteiger partial charge in [0.05, 0.1) is 29.2 Å². The second kappa shape index (κ2) is 8.61. The Morgan fingerprint density at radius 3 is 2.63 bits per heavy atom. The number of pyridine rings is 1. The maximum atomic E-state index is 10.3. The lowest BCUT2D eigenvalue weighted by Gasteiger charge is -2.34. The molecule has 8 heteroatoms. The molecule has 0 amide bonds. The molecule has 2 fully saturated rings. The van der Waals surface area contributed by atoms with Gasteiger partial charge in [0.1, 0.15) is 6.10 Å². The number of nitrogens with zero attached hydrogens (tertiary/aromatic N) is 3. The quantitative estimate of drug-likeness (QED) is 0.632. The normalized spacial score (nSPS) is 30.0. The maximum Gasteiger partial charge on any atom is 0.224 e. The second-order valence-electron chi connectivity index (χ2n) is 9.11. The molecule has 2 aliphatic rings. The fourth-order valence-corrected chi connectivity index (χ4v) is 4.33. The van der Waals surface area contributed by atoms with Gasteiger partial charge < -0.3 is 25.0 Å². The summed E-state index contributed by atoms with van der Waals surface area (Å²) >= 11 is 0. The number of aliphatic hydroxyl groups excluding tert-OH is 1. The predicted molar refractivity (Wildman–Crippen MR) is 114 cm³/mol. The number of anilines is 1. The van der Waals surface area contributed by atoms with Crippen LogP contribution in [-0.2, 0) is 4.74 Å². The molecule has 30 heavy (non-hydrogen) atoms. The molecule has 0 radical (unpaired) electrons. The van der Waals surface area contributed by atoms with Crippen LogP contribution in [0.5, 0.6) is 5.88 Å². The van der Waals surface area contributed by atoms with Crippen LogP contribution in [0.1, 0.15) is 63.9 Å². The minimum atomic E-state index is -0.592. The van der Waals surface area contributed by atoms with Gasteiger partial charge in [-0.25, -0.2) is 15.0 Å². The Hall–Kier alpha value is -2.03.